The van der Waals surface area contributed by atoms with Gasteiger partial charge in [0, 0.05) is 43.8 Å². The van der Waals surface area contributed by atoms with E-state index in [1.807, 2.05) is 48.5 Å². The Balaban J connectivity index is 1.45. The molecule has 8 heteroatoms. The molecule has 0 radical (unpaired) electrons. The van der Waals surface area contributed by atoms with E-state index in [1.54, 1.807) is 0 Å². The van der Waals surface area contributed by atoms with Crippen molar-refractivity contribution >= 4 is 44.1 Å². The van der Waals surface area contributed by atoms with Crippen molar-refractivity contribution in [3.05, 3.63) is 96.6 Å². The molecule has 0 atom stereocenters. The fraction of sp³-hybridized carbons (Fsp3) is 0.111. The number of unbranched alkanes of at least 4 members (excludes halogenated alkanes) is 1. The maximum absolute atomic E-state index is 5.14. The molecule has 0 spiro atoms. The first kappa shape index (κ1) is 24.8. The zero-order valence-corrected chi connectivity index (χ0v) is 24.0. The van der Waals surface area contributed by atoms with Crippen LogP contribution in [-0.4, -0.2) is 39.9 Å². The third kappa shape index (κ3) is 3.84. The van der Waals surface area contributed by atoms with E-state index >= 15 is 0 Å². The van der Waals surface area contributed by atoms with E-state index in [0.29, 0.717) is 45.9 Å². The average molecular weight is 571 g/mol. The Morgan fingerprint density at radius 2 is 0.864 bits per heavy atom. The van der Waals surface area contributed by atoms with Crippen molar-refractivity contribution in [3.63, 3.8) is 0 Å². The molecule has 2 aliphatic rings. The minimum atomic E-state index is 0.601. The van der Waals surface area contributed by atoms with E-state index in [0.717, 1.165) is 63.1 Å². The van der Waals surface area contributed by atoms with Gasteiger partial charge in [-0.25, -0.2) is 29.9 Å². The number of H-pyrrole nitrogens is 2. The Labute approximate surface area is 252 Å². The minimum absolute atomic E-state index is 0.601. The summed E-state index contributed by atoms with van der Waals surface area (Å²) in [6, 6.07) is 30.9. The lowest BCUT2D eigenvalue weighted by molar-refractivity contribution is 0.795. The number of fused-ring (bicyclic) bond motifs is 20. The van der Waals surface area contributed by atoms with Gasteiger partial charge in [0.05, 0.1) is 0 Å². The van der Waals surface area contributed by atoms with Crippen LogP contribution in [0, 0.1) is 0 Å². The fourth-order valence-corrected chi connectivity index (χ4v) is 6.23. The fourth-order valence-electron chi connectivity index (χ4n) is 6.23. The molecule has 0 amide bonds. The molecule has 4 aromatic carbocycles. The van der Waals surface area contributed by atoms with Crippen molar-refractivity contribution in [1.29, 1.82) is 0 Å². The van der Waals surface area contributed by atoms with Crippen LogP contribution in [0.25, 0.3) is 89.7 Å². The predicted octanol–water partition coefficient (Wildman–Crippen LogP) is 8.21. The molecule has 2 N–H and O–H groups in total. The zero-order chi connectivity index (χ0) is 29.2. The Morgan fingerprint density at radius 3 is 1.32 bits per heavy atom. The molecular formula is C36H26N8. The molecule has 8 nitrogen and oxygen atoms in total. The molecule has 7 aromatic rings. The first-order valence-corrected chi connectivity index (χ1v) is 15.0. The third-order valence-corrected chi connectivity index (χ3v) is 8.44. The third-order valence-electron chi connectivity index (χ3n) is 8.44. The van der Waals surface area contributed by atoms with Crippen LogP contribution in [0.5, 0.6) is 0 Å². The van der Waals surface area contributed by atoms with E-state index in [1.165, 1.54) is 5.56 Å². The number of aromatic amines is 2. The van der Waals surface area contributed by atoms with Crippen molar-refractivity contribution in [1.82, 2.24) is 39.9 Å². The summed E-state index contributed by atoms with van der Waals surface area (Å²) in [5.74, 6) is 2.45. The highest BCUT2D eigenvalue weighted by Gasteiger charge is 2.22. The second-order valence-electron chi connectivity index (χ2n) is 11.2. The smallest absolute Gasteiger partial charge is 0.164 e. The predicted molar refractivity (Wildman–Crippen MR) is 175 cm³/mol. The van der Waals surface area contributed by atoms with Gasteiger partial charge in [-0.2, -0.15) is 0 Å². The SMILES string of the molecule is CCCCc1ccc2c(c1)-c1nc-2nc2[nH]c(nc3nc(nc4[nH]c(n1)c1ccccc41)-c1ccccc1-3)c1ccccc21. The van der Waals surface area contributed by atoms with Crippen molar-refractivity contribution in [2.24, 2.45) is 0 Å². The van der Waals surface area contributed by atoms with Crippen LogP contribution < -0.4 is 0 Å². The van der Waals surface area contributed by atoms with Crippen molar-refractivity contribution in [2.75, 3.05) is 0 Å². The Hall–Kier alpha value is -5.76. The second-order valence-corrected chi connectivity index (χ2v) is 11.2. The molecular weight excluding hydrogens is 544 g/mol. The number of rotatable bonds is 3. The van der Waals surface area contributed by atoms with Crippen LogP contribution in [-0.2, 0) is 6.42 Å². The molecule has 8 bridgehead atoms. The summed E-state index contributed by atoms with van der Waals surface area (Å²) in [5, 5.41) is 3.85. The number of nitrogens with zero attached hydrogens (tertiary/aromatic N) is 6. The van der Waals surface area contributed by atoms with Crippen molar-refractivity contribution in [2.45, 2.75) is 26.2 Å². The molecule has 9 rings (SSSR count). The lowest BCUT2D eigenvalue weighted by Gasteiger charge is -2.04. The van der Waals surface area contributed by atoms with Crippen LogP contribution in [0.2, 0.25) is 0 Å². The highest BCUT2D eigenvalue weighted by Crippen LogP contribution is 2.37. The van der Waals surface area contributed by atoms with Crippen LogP contribution >= 0.6 is 0 Å². The van der Waals surface area contributed by atoms with E-state index in [-0.39, 0.29) is 0 Å². The summed E-state index contributed by atoms with van der Waals surface area (Å²) in [7, 11) is 0. The van der Waals surface area contributed by atoms with Gasteiger partial charge in [-0.15, -0.1) is 0 Å². The summed E-state index contributed by atoms with van der Waals surface area (Å²) in [6.07, 6.45) is 3.27. The van der Waals surface area contributed by atoms with Crippen molar-refractivity contribution < 1.29 is 0 Å². The van der Waals surface area contributed by atoms with Gasteiger partial charge >= 0.3 is 0 Å². The van der Waals surface area contributed by atoms with E-state index in [2.05, 4.69) is 59.4 Å². The summed E-state index contributed by atoms with van der Waals surface area (Å²) in [4.78, 5) is 37.3. The van der Waals surface area contributed by atoms with Crippen molar-refractivity contribution in [3.8, 4) is 45.6 Å². The van der Waals surface area contributed by atoms with E-state index in [4.69, 9.17) is 29.9 Å². The molecule has 0 fully saturated rings. The molecule has 3 aromatic heterocycles. The van der Waals surface area contributed by atoms with Gasteiger partial charge in [-0.1, -0.05) is 98.3 Å². The Morgan fingerprint density at radius 1 is 0.455 bits per heavy atom. The molecule has 210 valence electrons. The molecule has 2 aliphatic heterocycles. The quantitative estimate of drug-likeness (QED) is 0.222. The standard InChI is InChI=1S/C36H26N8/c1-2-3-10-20-17-18-27-28(19-20)36-43-34-26-16-9-8-15-25(26)32(41-34)39-30-22-12-5-4-11-21(22)29(37-30)38-31-23-13-6-7-14-24(23)33(40-31)42-35(27)44-36/h4-9,11-19H,2-3,10H2,1H3,(H2,37,38,39,40,41,42,43,44). The van der Waals surface area contributed by atoms with Crippen LogP contribution in [0.15, 0.2) is 91.0 Å². The van der Waals surface area contributed by atoms with E-state index < -0.39 is 0 Å². The molecule has 0 unspecified atom stereocenters. The van der Waals surface area contributed by atoms with Gasteiger partial charge in [0.2, 0.25) is 0 Å². The minimum Gasteiger partial charge on any atom is -0.324 e. The van der Waals surface area contributed by atoms with Crippen LogP contribution in [0.4, 0.5) is 0 Å². The summed E-state index contributed by atoms with van der Waals surface area (Å²) in [6.45, 7) is 2.21. The number of aromatic nitrogens is 8. The van der Waals surface area contributed by atoms with Crippen LogP contribution in [0.3, 0.4) is 0 Å². The summed E-state index contributed by atoms with van der Waals surface area (Å²) >= 11 is 0. The summed E-state index contributed by atoms with van der Waals surface area (Å²) < 4.78 is 0. The normalized spacial score (nSPS) is 12.0. The van der Waals surface area contributed by atoms with Gasteiger partial charge in [-0.05, 0) is 24.5 Å². The summed E-state index contributed by atoms with van der Waals surface area (Å²) in [5.41, 5.74) is 7.84. The zero-order valence-electron chi connectivity index (χ0n) is 24.0. The van der Waals surface area contributed by atoms with E-state index in [9.17, 15) is 0 Å². The number of benzene rings is 4. The lowest BCUT2D eigenvalue weighted by Crippen LogP contribution is -1.88. The largest absolute Gasteiger partial charge is 0.324 e. The number of hydrogen-bond acceptors (Lipinski definition) is 6. The molecule has 5 heterocycles. The highest BCUT2D eigenvalue weighted by atomic mass is 15.1. The first-order chi connectivity index (χ1) is 21.7. The number of aryl methyl sites for hydroxylation is 1. The first-order valence-electron chi connectivity index (χ1n) is 15.0. The maximum Gasteiger partial charge on any atom is 0.164 e. The average Bonchev–Trinajstić information content (AvgIpc) is 3.79. The second kappa shape index (κ2) is 9.64. The van der Waals surface area contributed by atoms with Gasteiger partial charge < -0.3 is 9.97 Å². The number of nitrogens with one attached hydrogen (secondary N) is 2. The molecule has 0 saturated heterocycles. The topological polar surface area (TPSA) is 109 Å². The van der Waals surface area contributed by atoms with Crippen LogP contribution in [0.1, 0.15) is 25.3 Å². The van der Waals surface area contributed by atoms with Gasteiger partial charge in [-0.3, -0.25) is 0 Å². The Bertz CT molecular complexity index is 2450. The lowest BCUT2D eigenvalue weighted by atomic mass is 10.0. The maximum atomic E-state index is 5.14. The Kier molecular flexibility index (Phi) is 5.43. The molecule has 0 aliphatic carbocycles. The van der Waals surface area contributed by atoms with Gasteiger partial charge in [0.15, 0.2) is 23.3 Å². The highest BCUT2D eigenvalue weighted by molar-refractivity contribution is 6.06. The molecule has 44 heavy (non-hydrogen) atoms. The monoisotopic (exact) mass is 570 g/mol. The number of hydrogen-bond donors (Lipinski definition) is 2. The molecule has 0 saturated carbocycles. The van der Waals surface area contributed by atoms with Gasteiger partial charge in [0.1, 0.15) is 22.6 Å². The van der Waals surface area contributed by atoms with Gasteiger partial charge in [0.25, 0.3) is 0 Å².